The highest BCUT2D eigenvalue weighted by atomic mass is 19.4. The molecule has 1 aromatic carbocycles. The zero-order valence-electron chi connectivity index (χ0n) is 20.3. The third-order valence-corrected chi connectivity index (χ3v) is 4.99. The molecule has 0 spiro atoms. The molecule has 0 aliphatic carbocycles. The monoisotopic (exact) mass is 475 g/mol. The van der Waals surface area contributed by atoms with Crippen molar-refractivity contribution in [3.63, 3.8) is 0 Å². The summed E-state index contributed by atoms with van der Waals surface area (Å²) in [6.45, 7) is 10.4. The molecule has 1 heterocycles. The predicted octanol–water partition coefficient (Wildman–Crippen LogP) is 4.90. The number of benzene rings is 1. The van der Waals surface area contributed by atoms with E-state index < -0.39 is 17.7 Å². The molecule has 0 aromatic heterocycles. The fourth-order valence-electron chi connectivity index (χ4n) is 3.38. The zero-order valence-corrected chi connectivity index (χ0v) is 20.3. The molecule has 1 fully saturated rings. The van der Waals surface area contributed by atoms with Crippen LogP contribution in [-0.2, 0) is 22.2 Å². The summed E-state index contributed by atoms with van der Waals surface area (Å²) >= 11 is 0. The number of piperidine rings is 1. The Labute approximate surface area is 193 Å². The number of nitrogen functional groups attached to an aromatic ring is 1. The van der Waals surface area contributed by atoms with Gasteiger partial charge >= 0.3 is 18.2 Å². The smallest absolute Gasteiger partial charge is 0.416 e. The summed E-state index contributed by atoms with van der Waals surface area (Å²) in [6, 6.07) is 0.833. The normalized spacial score (nSPS) is 14.7. The van der Waals surface area contributed by atoms with Gasteiger partial charge in [0.05, 0.1) is 17.7 Å². The molecule has 1 aliphatic heterocycles. The van der Waals surface area contributed by atoms with Gasteiger partial charge in [-0.3, -0.25) is 4.90 Å². The van der Waals surface area contributed by atoms with Crippen molar-refractivity contribution in [1.29, 1.82) is 0 Å². The Morgan fingerprint density at radius 1 is 1.15 bits per heavy atom. The molecule has 188 valence electrons. The molecule has 10 heteroatoms. The molecule has 1 saturated heterocycles. The second-order valence-electron chi connectivity index (χ2n) is 8.80. The average Bonchev–Trinajstić information content (AvgIpc) is 2.70. The van der Waals surface area contributed by atoms with Crippen LogP contribution in [0.2, 0.25) is 0 Å². The Morgan fingerprint density at radius 2 is 1.73 bits per heavy atom. The Bertz CT molecular complexity index is 815. The van der Waals surface area contributed by atoms with Gasteiger partial charge in [-0.05, 0) is 77.7 Å². The number of carbonyl (C=O) groups excluding carboxylic acids is 2. The number of nitrogens with one attached hydrogen (secondary N) is 1. The summed E-state index contributed by atoms with van der Waals surface area (Å²) in [7, 11) is 1.54. The number of hydrogen-bond acceptors (Lipinski definition) is 6. The number of esters is 1. The Hall–Kier alpha value is -2.49. The highest BCUT2D eigenvalue weighted by Crippen LogP contribution is 2.38. The van der Waals surface area contributed by atoms with Crippen molar-refractivity contribution in [3.05, 3.63) is 28.3 Å². The maximum Gasteiger partial charge on any atom is 0.416 e. The van der Waals surface area contributed by atoms with Gasteiger partial charge in [0.1, 0.15) is 5.60 Å². The third-order valence-electron chi connectivity index (χ3n) is 4.99. The Morgan fingerprint density at radius 3 is 2.15 bits per heavy atom. The summed E-state index contributed by atoms with van der Waals surface area (Å²) < 4.78 is 50.3. The number of hydrogen-bond donors (Lipinski definition) is 2. The van der Waals surface area contributed by atoms with Crippen LogP contribution >= 0.6 is 0 Å². The lowest BCUT2D eigenvalue weighted by atomic mass is 9.94. The number of anilines is 1. The lowest BCUT2D eigenvalue weighted by molar-refractivity contribution is -0.138. The molecular formula is C23H36F3N3O4. The molecule has 7 nitrogen and oxygen atoms in total. The maximum absolute atomic E-state index is 13.5. The van der Waals surface area contributed by atoms with E-state index in [1.54, 1.807) is 6.92 Å². The van der Waals surface area contributed by atoms with Crippen molar-refractivity contribution in [3.8, 4) is 0 Å². The number of likely N-dealkylation sites (tertiary alicyclic amines) is 1. The van der Waals surface area contributed by atoms with E-state index in [2.05, 4.69) is 5.32 Å². The maximum atomic E-state index is 13.5. The van der Waals surface area contributed by atoms with Crippen LogP contribution in [0.3, 0.4) is 0 Å². The van der Waals surface area contributed by atoms with E-state index in [4.69, 9.17) is 15.2 Å². The van der Waals surface area contributed by atoms with E-state index >= 15 is 0 Å². The van der Waals surface area contributed by atoms with Gasteiger partial charge < -0.3 is 20.5 Å². The number of ether oxygens (including phenoxy) is 2. The molecule has 2 rings (SSSR count). The molecule has 0 unspecified atom stereocenters. The van der Waals surface area contributed by atoms with Crippen LogP contribution in [-0.4, -0.2) is 49.3 Å². The standard InChI is InChI=1S/C17H23F3N2O2.C6H13NO2/c1-3-24-16(23)12-9-14(17(18,19)20)13(11(2)15(12)21)10-22-7-5-4-6-8-22;1-6(2,3)9-5(8)7-4/h9H,3-8,10,21H2,1-2H3;1-4H3,(H,7,8). The van der Waals surface area contributed by atoms with Crippen molar-refractivity contribution >= 4 is 17.7 Å². The second kappa shape index (κ2) is 12.1. The highest BCUT2D eigenvalue weighted by Gasteiger charge is 2.36. The van der Waals surface area contributed by atoms with Crippen molar-refractivity contribution in [2.24, 2.45) is 0 Å². The van der Waals surface area contributed by atoms with Gasteiger partial charge in [-0.2, -0.15) is 13.2 Å². The average molecular weight is 476 g/mol. The van der Waals surface area contributed by atoms with Gasteiger partial charge in [0.2, 0.25) is 0 Å². The van der Waals surface area contributed by atoms with Gasteiger partial charge in [-0.15, -0.1) is 0 Å². The van der Waals surface area contributed by atoms with Crippen LogP contribution in [0.4, 0.5) is 23.7 Å². The van der Waals surface area contributed by atoms with Gasteiger partial charge in [-0.25, -0.2) is 9.59 Å². The van der Waals surface area contributed by atoms with Crippen LogP contribution in [0.25, 0.3) is 0 Å². The van der Waals surface area contributed by atoms with E-state index in [1.807, 2.05) is 25.7 Å². The first kappa shape index (κ1) is 28.5. The van der Waals surface area contributed by atoms with Gasteiger partial charge in [0, 0.05) is 19.3 Å². The predicted molar refractivity (Wildman–Crippen MR) is 121 cm³/mol. The summed E-state index contributed by atoms with van der Waals surface area (Å²) in [6.07, 6.45) is -1.87. The minimum absolute atomic E-state index is 0.0634. The zero-order chi connectivity index (χ0) is 25.4. The van der Waals surface area contributed by atoms with Crippen molar-refractivity contribution in [2.45, 2.75) is 72.2 Å². The van der Waals surface area contributed by atoms with Crippen LogP contribution in [0.5, 0.6) is 0 Å². The SMILES string of the molecule is CCOC(=O)c1cc(C(F)(F)F)c(CN2CCCCC2)c(C)c1N.CNC(=O)OC(C)(C)C. The molecule has 3 N–H and O–H groups in total. The summed E-state index contributed by atoms with van der Waals surface area (Å²) in [5.74, 6) is -0.826. The minimum Gasteiger partial charge on any atom is -0.462 e. The summed E-state index contributed by atoms with van der Waals surface area (Å²) in [5, 5.41) is 2.36. The molecule has 33 heavy (non-hydrogen) atoms. The van der Waals surface area contributed by atoms with Gasteiger partial charge in [-0.1, -0.05) is 6.42 Å². The molecular weight excluding hydrogens is 439 g/mol. The van der Waals surface area contributed by atoms with E-state index in [0.29, 0.717) is 5.56 Å². The molecule has 0 atom stereocenters. The largest absolute Gasteiger partial charge is 0.462 e. The lowest BCUT2D eigenvalue weighted by Crippen LogP contribution is -2.31. The third kappa shape index (κ3) is 9.11. The van der Waals surface area contributed by atoms with Crippen LogP contribution in [0, 0.1) is 6.92 Å². The molecule has 0 radical (unpaired) electrons. The van der Waals surface area contributed by atoms with Gasteiger partial charge in [0.25, 0.3) is 0 Å². The van der Waals surface area contributed by atoms with Gasteiger partial charge in [0.15, 0.2) is 0 Å². The number of nitrogens with two attached hydrogens (primary N) is 1. The number of rotatable bonds is 4. The number of carbonyl (C=O) groups is 2. The first-order chi connectivity index (χ1) is 15.2. The summed E-state index contributed by atoms with van der Waals surface area (Å²) in [4.78, 5) is 24.4. The Balaban J connectivity index is 0.000000513. The molecule has 0 saturated carbocycles. The van der Waals surface area contributed by atoms with E-state index in [1.165, 1.54) is 14.0 Å². The van der Waals surface area contributed by atoms with E-state index in [0.717, 1.165) is 38.4 Å². The highest BCUT2D eigenvalue weighted by molar-refractivity contribution is 5.96. The number of alkyl halides is 3. The van der Waals surface area contributed by atoms with Crippen molar-refractivity contribution in [1.82, 2.24) is 10.2 Å². The fourth-order valence-corrected chi connectivity index (χ4v) is 3.38. The molecule has 0 bridgehead atoms. The molecule has 1 amide bonds. The fraction of sp³-hybridized carbons (Fsp3) is 0.652. The molecule has 1 aromatic rings. The summed E-state index contributed by atoms with van der Waals surface area (Å²) in [5.41, 5.74) is 5.05. The number of halogens is 3. The first-order valence-electron chi connectivity index (χ1n) is 11.0. The number of nitrogens with zero attached hydrogens (tertiary/aromatic N) is 1. The Kier molecular flexibility index (Phi) is 10.5. The first-order valence-corrected chi connectivity index (χ1v) is 11.0. The van der Waals surface area contributed by atoms with Crippen molar-refractivity contribution in [2.75, 3.05) is 32.5 Å². The quantitative estimate of drug-likeness (QED) is 0.475. The van der Waals surface area contributed by atoms with E-state index in [-0.39, 0.29) is 41.7 Å². The number of amides is 1. The lowest BCUT2D eigenvalue weighted by Gasteiger charge is -2.29. The van der Waals surface area contributed by atoms with E-state index in [9.17, 15) is 22.8 Å². The number of alkyl carbamates (subject to hydrolysis) is 1. The van der Waals surface area contributed by atoms with Crippen LogP contribution in [0.1, 0.15) is 74.0 Å². The van der Waals surface area contributed by atoms with Crippen molar-refractivity contribution < 1.29 is 32.2 Å². The second-order valence-corrected chi connectivity index (χ2v) is 8.80. The van der Waals surface area contributed by atoms with Crippen LogP contribution in [0.15, 0.2) is 6.07 Å². The molecule has 1 aliphatic rings. The topological polar surface area (TPSA) is 93.9 Å². The van der Waals surface area contributed by atoms with Crippen LogP contribution < -0.4 is 11.1 Å². The minimum atomic E-state index is -4.55.